The third kappa shape index (κ3) is 2.24. The highest BCUT2D eigenvalue weighted by atomic mass is 32.2. The molecule has 0 aromatic carbocycles. The Morgan fingerprint density at radius 2 is 2.36 bits per heavy atom. The SMILES string of the molecule is N/C=C(/SN)C1=NCCCC1. The lowest BCUT2D eigenvalue weighted by atomic mass is 10.1. The van der Waals surface area contributed by atoms with E-state index in [2.05, 4.69) is 4.99 Å². The van der Waals surface area contributed by atoms with Crippen molar-refractivity contribution in [3.63, 3.8) is 0 Å². The number of hydrogen-bond donors (Lipinski definition) is 2. The first-order chi connectivity index (χ1) is 5.38. The minimum Gasteiger partial charge on any atom is -0.404 e. The van der Waals surface area contributed by atoms with Crippen LogP contribution in [0.15, 0.2) is 16.1 Å². The van der Waals surface area contributed by atoms with Gasteiger partial charge in [-0.3, -0.25) is 10.1 Å². The van der Waals surface area contributed by atoms with Crippen LogP contribution in [0.25, 0.3) is 0 Å². The molecular weight excluding hydrogens is 158 g/mol. The Hall–Kier alpha value is -0.480. The van der Waals surface area contributed by atoms with Crippen LogP contribution in [0.3, 0.4) is 0 Å². The molecule has 0 aliphatic carbocycles. The molecule has 0 radical (unpaired) electrons. The lowest BCUT2D eigenvalue weighted by molar-refractivity contribution is 0.739. The van der Waals surface area contributed by atoms with Crippen LogP contribution < -0.4 is 10.9 Å². The Morgan fingerprint density at radius 1 is 1.55 bits per heavy atom. The summed E-state index contributed by atoms with van der Waals surface area (Å²) in [4.78, 5) is 5.26. The molecular formula is C7H13N3S. The zero-order valence-electron chi connectivity index (χ0n) is 6.42. The molecule has 0 fully saturated rings. The smallest absolute Gasteiger partial charge is 0.0590 e. The molecule has 62 valence electrons. The van der Waals surface area contributed by atoms with E-state index in [4.69, 9.17) is 10.9 Å². The Kier molecular flexibility index (Phi) is 3.45. The quantitative estimate of drug-likeness (QED) is 0.610. The van der Waals surface area contributed by atoms with Gasteiger partial charge in [0.25, 0.3) is 0 Å². The number of aliphatic imine (C=N–C) groups is 1. The van der Waals surface area contributed by atoms with Crippen LogP contribution in [0, 0.1) is 0 Å². The van der Waals surface area contributed by atoms with Gasteiger partial charge < -0.3 is 5.73 Å². The maximum atomic E-state index is 5.40. The fourth-order valence-corrected chi connectivity index (χ4v) is 1.48. The first-order valence-electron chi connectivity index (χ1n) is 3.71. The zero-order valence-corrected chi connectivity index (χ0v) is 7.23. The van der Waals surface area contributed by atoms with E-state index in [1.807, 2.05) is 0 Å². The van der Waals surface area contributed by atoms with E-state index in [-0.39, 0.29) is 0 Å². The standard InChI is InChI=1S/C7H13N3S/c8-5-7(11-9)6-3-1-2-4-10-6/h5H,1-4,8-9H2/b7-5+. The molecule has 0 spiro atoms. The third-order valence-electron chi connectivity index (χ3n) is 1.69. The summed E-state index contributed by atoms with van der Waals surface area (Å²) in [5.41, 5.74) is 6.45. The van der Waals surface area contributed by atoms with E-state index >= 15 is 0 Å². The molecule has 1 aliphatic rings. The van der Waals surface area contributed by atoms with Crippen LogP contribution in [0.1, 0.15) is 19.3 Å². The Balaban J connectivity index is 2.63. The second-order valence-electron chi connectivity index (χ2n) is 2.43. The van der Waals surface area contributed by atoms with Crippen molar-refractivity contribution >= 4 is 17.7 Å². The van der Waals surface area contributed by atoms with Gasteiger partial charge in [-0.1, -0.05) is 0 Å². The van der Waals surface area contributed by atoms with Crippen LogP contribution in [0.4, 0.5) is 0 Å². The van der Waals surface area contributed by atoms with E-state index in [1.54, 1.807) is 0 Å². The van der Waals surface area contributed by atoms with Gasteiger partial charge in [0.05, 0.1) is 10.6 Å². The summed E-state index contributed by atoms with van der Waals surface area (Å²) in [6.45, 7) is 0.924. The van der Waals surface area contributed by atoms with E-state index < -0.39 is 0 Å². The van der Waals surface area contributed by atoms with Crippen molar-refractivity contribution in [1.82, 2.24) is 0 Å². The Bertz CT molecular complexity index is 186. The number of nitrogens with zero attached hydrogens (tertiary/aromatic N) is 1. The number of rotatable bonds is 2. The van der Waals surface area contributed by atoms with Gasteiger partial charge in [0.1, 0.15) is 0 Å². The minimum atomic E-state index is 0.921. The first-order valence-corrected chi connectivity index (χ1v) is 4.58. The van der Waals surface area contributed by atoms with Gasteiger partial charge in [0.2, 0.25) is 0 Å². The van der Waals surface area contributed by atoms with Crippen LogP contribution in [0.2, 0.25) is 0 Å². The molecule has 0 aromatic rings. The molecule has 1 heterocycles. The second-order valence-corrected chi connectivity index (χ2v) is 3.11. The van der Waals surface area contributed by atoms with Crippen LogP contribution in [-0.2, 0) is 0 Å². The van der Waals surface area contributed by atoms with Crippen LogP contribution in [-0.4, -0.2) is 12.3 Å². The monoisotopic (exact) mass is 171 g/mol. The summed E-state index contributed by atoms with van der Waals surface area (Å²) in [6, 6.07) is 0. The van der Waals surface area contributed by atoms with Crippen molar-refractivity contribution in [2.24, 2.45) is 15.9 Å². The number of nitrogens with two attached hydrogens (primary N) is 2. The van der Waals surface area contributed by atoms with Gasteiger partial charge in [-0.25, -0.2) is 0 Å². The highest BCUT2D eigenvalue weighted by Gasteiger charge is 2.08. The van der Waals surface area contributed by atoms with Gasteiger partial charge in [0, 0.05) is 12.7 Å². The van der Waals surface area contributed by atoms with Gasteiger partial charge in [0.15, 0.2) is 0 Å². The lowest BCUT2D eigenvalue weighted by Gasteiger charge is -2.11. The normalized spacial score (nSPS) is 19.7. The molecule has 4 heteroatoms. The second kappa shape index (κ2) is 4.41. The summed E-state index contributed by atoms with van der Waals surface area (Å²) >= 11 is 1.18. The van der Waals surface area contributed by atoms with E-state index in [0.717, 1.165) is 23.6 Å². The van der Waals surface area contributed by atoms with Crippen LogP contribution >= 0.6 is 11.9 Å². The van der Waals surface area contributed by atoms with Crippen molar-refractivity contribution < 1.29 is 0 Å². The molecule has 0 aromatic heterocycles. The molecule has 0 bridgehead atoms. The van der Waals surface area contributed by atoms with E-state index in [1.165, 1.54) is 31.0 Å². The average molecular weight is 171 g/mol. The van der Waals surface area contributed by atoms with Crippen molar-refractivity contribution in [3.05, 3.63) is 11.1 Å². The molecule has 1 rings (SSSR count). The largest absolute Gasteiger partial charge is 0.404 e. The number of hydrogen-bond acceptors (Lipinski definition) is 4. The first kappa shape index (κ1) is 8.62. The summed E-state index contributed by atoms with van der Waals surface area (Å²) in [5.74, 6) is 0. The highest BCUT2D eigenvalue weighted by Crippen LogP contribution is 2.17. The molecule has 0 amide bonds. The van der Waals surface area contributed by atoms with Crippen molar-refractivity contribution in [2.45, 2.75) is 19.3 Å². The molecule has 0 saturated heterocycles. The molecule has 0 atom stereocenters. The van der Waals surface area contributed by atoms with Gasteiger partial charge >= 0.3 is 0 Å². The molecule has 11 heavy (non-hydrogen) atoms. The highest BCUT2D eigenvalue weighted by molar-refractivity contribution is 8.01. The van der Waals surface area contributed by atoms with Gasteiger partial charge in [-0.05, 0) is 31.2 Å². The summed E-state index contributed by atoms with van der Waals surface area (Å²) in [7, 11) is 0. The van der Waals surface area contributed by atoms with Crippen molar-refractivity contribution in [3.8, 4) is 0 Å². The predicted octanol–water partition coefficient (Wildman–Crippen LogP) is 1.02. The minimum absolute atomic E-state index is 0.921. The molecule has 4 N–H and O–H groups in total. The molecule has 1 aliphatic heterocycles. The molecule has 0 unspecified atom stereocenters. The maximum absolute atomic E-state index is 5.40. The van der Waals surface area contributed by atoms with Gasteiger partial charge in [-0.15, -0.1) is 0 Å². The summed E-state index contributed by atoms with van der Waals surface area (Å²) < 4.78 is 0. The fraction of sp³-hybridized carbons (Fsp3) is 0.571. The summed E-state index contributed by atoms with van der Waals surface area (Å²) in [6.07, 6.45) is 4.95. The zero-order chi connectivity index (χ0) is 8.10. The molecule has 0 saturated carbocycles. The topological polar surface area (TPSA) is 64.4 Å². The van der Waals surface area contributed by atoms with E-state index in [9.17, 15) is 0 Å². The predicted molar refractivity (Wildman–Crippen MR) is 50.2 cm³/mol. The Labute approximate surface area is 71.1 Å². The van der Waals surface area contributed by atoms with E-state index in [0.29, 0.717) is 0 Å². The molecule has 3 nitrogen and oxygen atoms in total. The maximum Gasteiger partial charge on any atom is 0.0590 e. The average Bonchev–Trinajstić information content (AvgIpc) is 2.09. The lowest BCUT2D eigenvalue weighted by Crippen LogP contribution is -2.09. The van der Waals surface area contributed by atoms with Crippen molar-refractivity contribution in [1.29, 1.82) is 0 Å². The number of allylic oxidation sites excluding steroid dienone is 1. The van der Waals surface area contributed by atoms with Crippen LogP contribution in [0.5, 0.6) is 0 Å². The summed E-state index contributed by atoms with van der Waals surface area (Å²) in [5, 5.41) is 5.40. The van der Waals surface area contributed by atoms with Crippen molar-refractivity contribution in [2.75, 3.05) is 6.54 Å². The van der Waals surface area contributed by atoms with Gasteiger partial charge in [-0.2, -0.15) is 0 Å². The Morgan fingerprint density at radius 3 is 2.82 bits per heavy atom. The third-order valence-corrected chi connectivity index (χ3v) is 2.31. The fourth-order valence-electron chi connectivity index (χ4n) is 1.10.